The molecule has 0 radical (unpaired) electrons. The molecule has 2 aromatic rings. The Morgan fingerprint density at radius 2 is 1.81 bits per heavy atom. The summed E-state index contributed by atoms with van der Waals surface area (Å²) in [5.41, 5.74) is 1.85. The van der Waals surface area contributed by atoms with Crippen LogP contribution in [-0.2, 0) is 17.9 Å². The van der Waals surface area contributed by atoms with Crippen LogP contribution >= 0.6 is 0 Å². The summed E-state index contributed by atoms with van der Waals surface area (Å²) >= 11 is 0. The van der Waals surface area contributed by atoms with E-state index in [1.54, 1.807) is 6.20 Å². The molecular weight excluding hydrogens is 402 g/mol. The van der Waals surface area contributed by atoms with Gasteiger partial charge in [0, 0.05) is 63.6 Å². The van der Waals surface area contributed by atoms with Crippen LogP contribution in [0.25, 0.3) is 0 Å². The summed E-state index contributed by atoms with van der Waals surface area (Å²) in [4.78, 5) is 34.5. The number of carbonyl (C=O) groups excluding carboxylic acids is 2. The number of piperidine rings is 1. The summed E-state index contributed by atoms with van der Waals surface area (Å²) in [6, 6.07) is 14.0. The highest BCUT2D eigenvalue weighted by Gasteiger charge is 2.63. The highest BCUT2D eigenvalue weighted by Crippen LogP contribution is 2.56. The van der Waals surface area contributed by atoms with E-state index in [1.807, 2.05) is 47.5 Å². The van der Waals surface area contributed by atoms with Crippen LogP contribution in [0.5, 0.6) is 0 Å². The Balaban J connectivity index is 1.26. The van der Waals surface area contributed by atoms with Gasteiger partial charge in [0.2, 0.25) is 5.91 Å². The molecule has 7 nitrogen and oxygen atoms in total. The standard InChI is InChI=1S/C25H31N5O2/c31-22-25(8-12-27-22)19-29(17-21-7-4-11-26-15-21)18-24(25)9-13-30(14-10-24)23(32)28-16-20-5-2-1-3-6-20/h1-7,11,15H,8-10,12-14,16-19H2,(H,27,31)(H,28,32). The van der Waals surface area contributed by atoms with Gasteiger partial charge in [-0.15, -0.1) is 0 Å². The number of benzene rings is 1. The lowest BCUT2D eigenvalue weighted by atomic mass is 9.60. The molecule has 4 heterocycles. The van der Waals surface area contributed by atoms with Gasteiger partial charge >= 0.3 is 6.03 Å². The van der Waals surface area contributed by atoms with E-state index < -0.39 is 0 Å². The van der Waals surface area contributed by atoms with Crippen LogP contribution in [0.2, 0.25) is 0 Å². The maximum absolute atomic E-state index is 13.1. The molecule has 7 heteroatoms. The van der Waals surface area contributed by atoms with Crippen LogP contribution in [0.4, 0.5) is 4.79 Å². The number of carbonyl (C=O) groups is 2. The maximum Gasteiger partial charge on any atom is 0.317 e. The van der Waals surface area contributed by atoms with Crippen LogP contribution in [0, 0.1) is 10.8 Å². The first-order valence-corrected chi connectivity index (χ1v) is 11.6. The maximum atomic E-state index is 13.1. The fourth-order valence-corrected chi connectivity index (χ4v) is 6.04. The minimum atomic E-state index is -0.345. The summed E-state index contributed by atoms with van der Waals surface area (Å²) in [5, 5.41) is 6.16. The third-order valence-corrected chi connectivity index (χ3v) is 7.73. The quantitative estimate of drug-likeness (QED) is 0.776. The number of fused-ring (bicyclic) bond motifs is 1. The fourth-order valence-electron chi connectivity index (χ4n) is 6.04. The largest absolute Gasteiger partial charge is 0.356 e. The van der Waals surface area contributed by atoms with E-state index in [4.69, 9.17) is 0 Å². The number of hydrogen-bond donors (Lipinski definition) is 2. The number of likely N-dealkylation sites (tertiary alicyclic amines) is 2. The van der Waals surface area contributed by atoms with Crippen LogP contribution in [0.3, 0.4) is 0 Å². The fraction of sp³-hybridized carbons (Fsp3) is 0.480. The van der Waals surface area contributed by atoms with Crippen LogP contribution in [-0.4, -0.2) is 59.4 Å². The number of rotatable bonds is 4. The van der Waals surface area contributed by atoms with Crippen molar-refractivity contribution in [2.75, 3.05) is 32.7 Å². The number of urea groups is 1. The minimum Gasteiger partial charge on any atom is -0.356 e. The Morgan fingerprint density at radius 1 is 1.03 bits per heavy atom. The van der Waals surface area contributed by atoms with Gasteiger partial charge in [-0.05, 0) is 36.5 Å². The second kappa shape index (κ2) is 8.54. The Morgan fingerprint density at radius 3 is 2.50 bits per heavy atom. The Hall–Kier alpha value is -2.93. The molecule has 1 unspecified atom stereocenters. The molecule has 2 N–H and O–H groups in total. The zero-order valence-corrected chi connectivity index (χ0v) is 18.4. The van der Waals surface area contributed by atoms with Crippen molar-refractivity contribution >= 4 is 11.9 Å². The minimum absolute atomic E-state index is 0.0150. The highest BCUT2D eigenvalue weighted by atomic mass is 16.2. The van der Waals surface area contributed by atoms with Crippen molar-refractivity contribution in [2.45, 2.75) is 32.4 Å². The molecule has 32 heavy (non-hydrogen) atoms. The lowest BCUT2D eigenvalue weighted by Gasteiger charge is -2.46. The monoisotopic (exact) mass is 433 g/mol. The van der Waals surface area contributed by atoms with Gasteiger partial charge in [-0.3, -0.25) is 14.7 Å². The van der Waals surface area contributed by atoms with Gasteiger partial charge in [-0.1, -0.05) is 36.4 Å². The molecule has 0 bridgehead atoms. The van der Waals surface area contributed by atoms with E-state index in [-0.39, 0.29) is 22.8 Å². The smallest absolute Gasteiger partial charge is 0.317 e. The van der Waals surface area contributed by atoms with Crippen molar-refractivity contribution in [2.24, 2.45) is 10.8 Å². The normalized spacial score (nSPS) is 24.8. The topological polar surface area (TPSA) is 77.6 Å². The van der Waals surface area contributed by atoms with Crippen molar-refractivity contribution in [1.82, 2.24) is 25.4 Å². The van der Waals surface area contributed by atoms with Crippen LogP contribution in [0.15, 0.2) is 54.9 Å². The lowest BCUT2D eigenvalue weighted by Crippen LogP contribution is -2.54. The van der Waals surface area contributed by atoms with Gasteiger partial charge in [-0.25, -0.2) is 4.79 Å². The van der Waals surface area contributed by atoms with Gasteiger partial charge in [-0.2, -0.15) is 0 Å². The number of nitrogens with zero attached hydrogens (tertiary/aromatic N) is 3. The first kappa shape index (κ1) is 20.9. The highest BCUT2D eigenvalue weighted by molar-refractivity contribution is 5.86. The van der Waals surface area contributed by atoms with Crippen molar-refractivity contribution in [1.29, 1.82) is 0 Å². The SMILES string of the molecule is O=C(NCc1ccccc1)N1CCC2(CC1)CN(Cc1cccnc1)CC21CCNC1=O. The molecule has 3 aliphatic heterocycles. The number of pyridine rings is 1. The molecule has 1 aromatic heterocycles. The Kier molecular flexibility index (Phi) is 5.59. The second-order valence-electron chi connectivity index (χ2n) is 9.51. The molecule has 3 fully saturated rings. The molecule has 5 rings (SSSR count). The predicted octanol–water partition coefficient (Wildman–Crippen LogP) is 2.40. The number of aromatic nitrogens is 1. The predicted molar refractivity (Wildman–Crippen MR) is 121 cm³/mol. The number of amides is 3. The van der Waals surface area contributed by atoms with E-state index in [9.17, 15) is 9.59 Å². The summed E-state index contributed by atoms with van der Waals surface area (Å²) in [6.07, 6.45) is 6.31. The van der Waals surface area contributed by atoms with E-state index in [0.29, 0.717) is 19.6 Å². The Bertz CT molecular complexity index is 959. The zero-order valence-electron chi connectivity index (χ0n) is 18.4. The molecule has 1 atom stereocenters. The van der Waals surface area contributed by atoms with Gasteiger partial charge in [0.15, 0.2) is 0 Å². The molecule has 1 aromatic carbocycles. The van der Waals surface area contributed by atoms with Gasteiger partial charge in [0.1, 0.15) is 0 Å². The van der Waals surface area contributed by atoms with Crippen molar-refractivity contribution < 1.29 is 9.59 Å². The van der Waals surface area contributed by atoms with Crippen molar-refractivity contribution in [3.63, 3.8) is 0 Å². The molecule has 168 valence electrons. The van der Waals surface area contributed by atoms with Crippen LogP contribution in [0.1, 0.15) is 30.4 Å². The average molecular weight is 434 g/mol. The first-order valence-electron chi connectivity index (χ1n) is 11.6. The molecule has 3 saturated heterocycles. The third-order valence-electron chi connectivity index (χ3n) is 7.73. The van der Waals surface area contributed by atoms with E-state index in [0.717, 1.165) is 51.0 Å². The van der Waals surface area contributed by atoms with Gasteiger partial charge < -0.3 is 15.5 Å². The molecule has 0 saturated carbocycles. The van der Waals surface area contributed by atoms with Crippen molar-refractivity contribution in [3.8, 4) is 0 Å². The Labute approximate surface area is 189 Å². The number of hydrogen-bond acceptors (Lipinski definition) is 4. The van der Waals surface area contributed by atoms with E-state index >= 15 is 0 Å². The van der Waals surface area contributed by atoms with Crippen molar-refractivity contribution in [3.05, 3.63) is 66.0 Å². The number of nitrogens with one attached hydrogen (secondary N) is 2. The zero-order chi connectivity index (χ0) is 22.0. The van der Waals surface area contributed by atoms with Gasteiger partial charge in [0.25, 0.3) is 0 Å². The third kappa shape index (κ3) is 3.75. The summed E-state index contributed by atoms with van der Waals surface area (Å²) in [7, 11) is 0. The molecule has 0 aliphatic carbocycles. The van der Waals surface area contributed by atoms with Crippen LogP contribution < -0.4 is 10.6 Å². The summed E-state index contributed by atoms with van der Waals surface area (Å²) in [6.45, 7) is 5.16. The summed E-state index contributed by atoms with van der Waals surface area (Å²) in [5.74, 6) is 0.202. The second-order valence-corrected chi connectivity index (χ2v) is 9.51. The molecule has 3 amide bonds. The lowest BCUT2D eigenvalue weighted by molar-refractivity contribution is -0.133. The van der Waals surface area contributed by atoms with E-state index in [2.05, 4.69) is 26.6 Å². The average Bonchev–Trinajstić information content (AvgIpc) is 3.34. The molecular formula is C25H31N5O2. The van der Waals surface area contributed by atoms with E-state index in [1.165, 1.54) is 5.56 Å². The first-order chi connectivity index (χ1) is 15.6. The molecule has 2 spiro atoms. The summed E-state index contributed by atoms with van der Waals surface area (Å²) < 4.78 is 0. The molecule has 3 aliphatic rings. The van der Waals surface area contributed by atoms with Gasteiger partial charge in [0.05, 0.1) is 5.41 Å².